The van der Waals surface area contributed by atoms with Gasteiger partial charge in [0.25, 0.3) is 11.8 Å². The van der Waals surface area contributed by atoms with E-state index in [4.69, 9.17) is 11.6 Å². The van der Waals surface area contributed by atoms with Crippen molar-refractivity contribution in [3.8, 4) is 5.69 Å². The van der Waals surface area contributed by atoms with Crippen molar-refractivity contribution in [2.45, 2.75) is 6.92 Å². The van der Waals surface area contributed by atoms with Crippen LogP contribution >= 0.6 is 22.9 Å². The van der Waals surface area contributed by atoms with Crippen LogP contribution in [0.1, 0.15) is 25.9 Å². The molecule has 0 bridgehead atoms. The van der Waals surface area contributed by atoms with Gasteiger partial charge in [0.2, 0.25) is 0 Å². The van der Waals surface area contributed by atoms with Crippen LogP contribution in [0.4, 0.5) is 0 Å². The highest BCUT2D eigenvalue weighted by Gasteiger charge is 2.18. The highest BCUT2D eigenvalue weighted by molar-refractivity contribution is 7.20. The predicted octanol–water partition coefficient (Wildman–Crippen LogP) is 3.52. The smallest absolute Gasteiger partial charge is 0.266 e. The molecule has 28 heavy (non-hydrogen) atoms. The minimum atomic E-state index is -0.489. The Morgan fingerprint density at radius 1 is 1.07 bits per heavy atom. The molecule has 0 spiro atoms. The first-order valence-electron chi connectivity index (χ1n) is 8.30. The maximum absolute atomic E-state index is 12.5. The average Bonchev–Trinajstić information content (AvgIpc) is 3.27. The van der Waals surface area contributed by atoms with Gasteiger partial charge in [-0.05, 0) is 43.3 Å². The molecule has 0 saturated carbocycles. The molecule has 0 fully saturated rings. The van der Waals surface area contributed by atoms with E-state index < -0.39 is 11.8 Å². The van der Waals surface area contributed by atoms with Crippen LogP contribution in [-0.4, -0.2) is 26.6 Å². The molecule has 0 aliphatic carbocycles. The SMILES string of the molecule is Cc1nn(-c2cccc(Cl)c2)c2sc(C(=O)NNC(=O)c3ccccn3)cc12. The predicted molar refractivity (Wildman–Crippen MR) is 108 cm³/mol. The fraction of sp³-hybridized carbons (Fsp3) is 0.0526. The molecule has 0 saturated heterocycles. The number of hydrazine groups is 1. The minimum Gasteiger partial charge on any atom is -0.266 e. The summed E-state index contributed by atoms with van der Waals surface area (Å²) in [5, 5.41) is 6.00. The van der Waals surface area contributed by atoms with E-state index in [0.29, 0.717) is 9.90 Å². The molecule has 0 aliphatic heterocycles. The Morgan fingerprint density at radius 3 is 2.64 bits per heavy atom. The van der Waals surface area contributed by atoms with Gasteiger partial charge in [0.05, 0.1) is 16.3 Å². The largest absolute Gasteiger partial charge is 0.288 e. The molecular formula is C19H14ClN5O2S. The molecule has 0 radical (unpaired) electrons. The van der Waals surface area contributed by atoms with E-state index in [2.05, 4.69) is 20.9 Å². The van der Waals surface area contributed by atoms with Crippen LogP contribution < -0.4 is 10.9 Å². The topological polar surface area (TPSA) is 88.9 Å². The molecule has 1 aromatic carbocycles. The second-order valence-corrected chi connectivity index (χ2v) is 7.40. The molecule has 2 amide bonds. The zero-order valence-corrected chi connectivity index (χ0v) is 16.2. The lowest BCUT2D eigenvalue weighted by molar-refractivity contribution is 0.0846. The van der Waals surface area contributed by atoms with Crippen molar-refractivity contribution in [2.75, 3.05) is 0 Å². The normalized spacial score (nSPS) is 10.8. The number of nitrogens with zero attached hydrogens (tertiary/aromatic N) is 3. The molecule has 3 heterocycles. The van der Waals surface area contributed by atoms with Gasteiger partial charge < -0.3 is 0 Å². The lowest BCUT2D eigenvalue weighted by atomic mass is 10.3. The summed E-state index contributed by atoms with van der Waals surface area (Å²) in [6.45, 7) is 1.88. The third-order valence-electron chi connectivity index (χ3n) is 4.01. The Labute approximate surface area is 168 Å². The first kappa shape index (κ1) is 18.1. The quantitative estimate of drug-likeness (QED) is 0.505. The second-order valence-electron chi connectivity index (χ2n) is 5.93. The highest BCUT2D eigenvalue weighted by Crippen LogP contribution is 2.30. The van der Waals surface area contributed by atoms with Crippen molar-refractivity contribution in [3.63, 3.8) is 0 Å². The summed E-state index contributed by atoms with van der Waals surface area (Å²) in [7, 11) is 0. The number of thiophene rings is 1. The van der Waals surface area contributed by atoms with E-state index in [9.17, 15) is 9.59 Å². The average molecular weight is 412 g/mol. The Kier molecular flexibility index (Phi) is 4.81. The summed E-state index contributed by atoms with van der Waals surface area (Å²) in [4.78, 5) is 29.7. The fourth-order valence-corrected chi connectivity index (χ4v) is 3.94. The molecular weight excluding hydrogens is 398 g/mol. The summed E-state index contributed by atoms with van der Waals surface area (Å²) >= 11 is 7.36. The number of halogens is 1. The molecule has 3 aromatic heterocycles. The first-order valence-corrected chi connectivity index (χ1v) is 9.49. The number of nitrogens with one attached hydrogen (secondary N) is 2. The van der Waals surface area contributed by atoms with Crippen LogP contribution in [0.3, 0.4) is 0 Å². The van der Waals surface area contributed by atoms with E-state index in [0.717, 1.165) is 21.6 Å². The molecule has 0 unspecified atom stereocenters. The van der Waals surface area contributed by atoms with Gasteiger partial charge in [-0.15, -0.1) is 11.3 Å². The monoisotopic (exact) mass is 411 g/mol. The Hall–Kier alpha value is -3.23. The molecule has 0 aliphatic rings. The van der Waals surface area contributed by atoms with Crippen LogP contribution in [0.2, 0.25) is 5.02 Å². The number of hydrogen-bond acceptors (Lipinski definition) is 5. The molecule has 0 atom stereocenters. The highest BCUT2D eigenvalue weighted by atomic mass is 35.5. The number of carbonyl (C=O) groups is 2. The Balaban J connectivity index is 1.57. The number of benzene rings is 1. The summed E-state index contributed by atoms with van der Waals surface area (Å²) < 4.78 is 1.75. The summed E-state index contributed by atoms with van der Waals surface area (Å²) in [5.41, 5.74) is 6.60. The number of aromatic nitrogens is 3. The van der Waals surface area contributed by atoms with Crippen LogP contribution in [0.25, 0.3) is 15.9 Å². The van der Waals surface area contributed by atoms with Gasteiger partial charge >= 0.3 is 0 Å². The van der Waals surface area contributed by atoms with Crippen molar-refractivity contribution in [1.29, 1.82) is 0 Å². The molecule has 7 nitrogen and oxygen atoms in total. The second kappa shape index (κ2) is 7.41. The van der Waals surface area contributed by atoms with Crippen LogP contribution in [0.5, 0.6) is 0 Å². The molecule has 4 rings (SSSR count). The van der Waals surface area contributed by atoms with E-state index in [-0.39, 0.29) is 5.69 Å². The summed E-state index contributed by atoms with van der Waals surface area (Å²) in [6, 6.07) is 14.0. The van der Waals surface area contributed by atoms with E-state index in [1.165, 1.54) is 17.5 Å². The maximum atomic E-state index is 12.5. The standard InChI is InChI=1S/C19H14ClN5O2S/c1-11-14-10-16(18(27)23-22-17(26)15-7-2-3-8-21-15)28-19(14)25(24-11)13-6-4-5-12(20)9-13/h2-10H,1H3,(H,22,26)(H,23,27). The number of aryl methyl sites for hydroxylation is 1. The van der Waals surface area contributed by atoms with E-state index >= 15 is 0 Å². The lowest BCUT2D eigenvalue weighted by Crippen LogP contribution is -2.41. The zero-order valence-electron chi connectivity index (χ0n) is 14.6. The molecule has 9 heteroatoms. The fourth-order valence-electron chi connectivity index (χ4n) is 2.68. The van der Waals surface area contributed by atoms with Crippen molar-refractivity contribution in [2.24, 2.45) is 0 Å². The van der Waals surface area contributed by atoms with Gasteiger partial charge in [0.1, 0.15) is 10.5 Å². The zero-order chi connectivity index (χ0) is 19.7. The maximum Gasteiger partial charge on any atom is 0.288 e. The van der Waals surface area contributed by atoms with Crippen LogP contribution in [0, 0.1) is 6.92 Å². The summed E-state index contributed by atoms with van der Waals surface area (Å²) in [5.74, 6) is -0.904. The Morgan fingerprint density at radius 2 is 1.89 bits per heavy atom. The van der Waals surface area contributed by atoms with Gasteiger partial charge in [-0.1, -0.05) is 23.7 Å². The number of amides is 2. The van der Waals surface area contributed by atoms with Gasteiger partial charge in [0.15, 0.2) is 0 Å². The van der Waals surface area contributed by atoms with Gasteiger partial charge in [-0.2, -0.15) is 5.10 Å². The van der Waals surface area contributed by atoms with Gasteiger partial charge in [0, 0.05) is 16.6 Å². The van der Waals surface area contributed by atoms with Gasteiger partial charge in [-0.3, -0.25) is 25.4 Å². The third kappa shape index (κ3) is 3.47. The van der Waals surface area contributed by atoms with Gasteiger partial charge in [-0.25, -0.2) is 4.68 Å². The van der Waals surface area contributed by atoms with Crippen molar-refractivity contribution in [3.05, 3.63) is 76.0 Å². The van der Waals surface area contributed by atoms with Crippen molar-refractivity contribution in [1.82, 2.24) is 25.6 Å². The molecule has 2 N–H and O–H groups in total. The Bertz CT molecular complexity index is 1190. The number of hydrogen-bond donors (Lipinski definition) is 2. The first-order chi connectivity index (χ1) is 13.5. The van der Waals surface area contributed by atoms with E-state index in [1.807, 2.05) is 19.1 Å². The third-order valence-corrected chi connectivity index (χ3v) is 5.35. The molecule has 4 aromatic rings. The molecule has 140 valence electrons. The number of carbonyl (C=O) groups excluding carboxylic acids is 2. The van der Waals surface area contributed by atoms with Crippen molar-refractivity contribution >= 4 is 45.0 Å². The summed E-state index contributed by atoms with van der Waals surface area (Å²) in [6.07, 6.45) is 1.51. The van der Waals surface area contributed by atoms with Crippen molar-refractivity contribution < 1.29 is 9.59 Å². The van der Waals surface area contributed by atoms with Crippen LogP contribution in [0.15, 0.2) is 54.7 Å². The number of pyridine rings is 1. The number of rotatable bonds is 3. The number of fused-ring (bicyclic) bond motifs is 1. The minimum absolute atomic E-state index is 0.214. The van der Waals surface area contributed by atoms with E-state index in [1.54, 1.807) is 41.1 Å². The van der Waals surface area contributed by atoms with Crippen LogP contribution in [-0.2, 0) is 0 Å². The lowest BCUT2D eigenvalue weighted by Gasteiger charge is -2.05.